The fourth-order valence-electron chi connectivity index (χ4n) is 1.72. The summed E-state index contributed by atoms with van der Waals surface area (Å²) in [5, 5.41) is 0.935. The Morgan fingerprint density at radius 2 is 1.68 bits per heavy atom. The molecule has 0 aromatic heterocycles. The zero-order valence-corrected chi connectivity index (χ0v) is 14.2. The maximum atomic E-state index is 12.6. The second-order valence-electron chi connectivity index (χ2n) is 4.01. The molecule has 0 radical (unpaired) electrons. The minimum atomic E-state index is -0.195. The SMILES string of the molecule is Cc1cccc(C(=O)c2c(Cl)cc(Cl)cc2Cl)c1I. The minimum Gasteiger partial charge on any atom is -0.288 e. The lowest BCUT2D eigenvalue weighted by Crippen LogP contribution is -2.06. The molecule has 0 aliphatic carbocycles. The van der Waals surface area contributed by atoms with Crippen molar-refractivity contribution >= 4 is 63.2 Å². The second kappa shape index (κ2) is 6.00. The Bertz CT molecular complexity index is 645. The quantitative estimate of drug-likeness (QED) is 0.440. The van der Waals surface area contributed by atoms with Crippen molar-refractivity contribution in [3.05, 3.63) is 65.7 Å². The average molecular weight is 425 g/mol. The van der Waals surface area contributed by atoms with Crippen molar-refractivity contribution in [1.29, 1.82) is 0 Å². The molecule has 0 amide bonds. The highest BCUT2D eigenvalue weighted by molar-refractivity contribution is 14.1. The first-order valence-electron chi connectivity index (χ1n) is 5.36. The third-order valence-electron chi connectivity index (χ3n) is 2.67. The molecule has 98 valence electrons. The molecular formula is C14H8Cl3IO. The maximum Gasteiger partial charge on any atom is 0.197 e. The number of ketones is 1. The van der Waals surface area contributed by atoms with E-state index in [1.807, 2.05) is 19.1 Å². The molecule has 0 aliphatic rings. The van der Waals surface area contributed by atoms with Crippen LogP contribution in [0.25, 0.3) is 0 Å². The van der Waals surface area contributed by atoms with Crippen LogP contribution in [-0.4, -0.2) is 5.78 Å². The van der Waals surface area contributed by atoms with Gasteiger partial charge in [-0.1, -0.05) is 46.9 Å². The van der Waals surface area contributed by atoms with E-state index in [-0.39, 0.29) is 21.4 Å². The Kier molecular flexibility index (Phi) is 4.77. The van der Waals surface area contributed by atoms with Crippen LogP contribution in [0.2, 0.25) is 15.1 Å². The van der Waals surface area contributed by atoms with Crippen LogP contribution in [-0.2, 0) is 0 Å². The van der Waals surface area contributed by atoms with Gasteiger partial charge in [0.05, 0.1) is 15.6 Å². The molecule has 0 atom stereocenters. The Morgan fingerprint density at radius 1 is 1.11 bits per heavy atom. The number of hydrogen-bond donors (Lipinski definition) is 0. The smallest absolute Gasteiger partial charge is 0.197 e. The maximum absolute atomic E-state index is 12.6. The first-order chi connectivity index (χ1) is 8.91. The Hall–Kier alpha value is -0.290. The molecule has 0 saturated heterocycles. The first kappa shape index (κ1) is 15.1. The number of benzene rings is 2. The van der Waals surface area contributed by atoms with E-state index in [2.05, 4.69) is 22.6 Å². The van der Waals surface area contributed by atoms with E-state index >= 15 is 0 Å². The monoisotopic (exact) mass is 424 g/mol. The molecule has 2 aromatic rings. The van der Waals surface area contributed by atoms with E-state index in [1.165, 1.54) is 12.1 Å². The number of halogens is 4. The topological polar surface area (TPSA) is 17.1 Å². The standard InChI is InChI=1S/C14H8Cl3IO/c1-7-3-2-4-9(13(7)18)14(19)12-10(16)5-8(15)6-11(12)17/h2-6H,1H3. The van der Waals surface area contributed by atoms with Crippen molar-refractivity contribution < 1.29 is 4.79 Å². The predicted molar refractivity (Wildman–Crippen MR) is 88.8 cm³/mol. The van der Waals surface area contributed by atoms with Gasteiger partial charge in [-0.2, -0.15) is 0 Å². The molecule has 0 aliphatic heterocycles. The number of hydrogen-bond acceptors (Lipinski definition) is 1. The van der Waals surface area contributed by atoms with Crippen LogP contribution in [0.5, 0.6) is 0 Å². The summed E-state index contributed by atoms with van der Waals surface area (Å²) >= 11 is 20.2. The van der Waals surface area contributed by atoms with Gasteiger partial charge in [0.1, 0.15) is 0 Å². The van der Waals surface area contributed by atoms with E-state index in [4.69, 9.17) is 34.8 Å². The van der Waals surface area contributed by atoms with Crippen molar-refractivity contribution in [2.45, 2.75) is 6.92 Å². The van der Waals surface area contributed by atoms with Crippen LogP contribution in [0, 0.1) is 10.5 Å². The van der Waals surface area contributed by atoms with Gasteiger partial charge < -0.3 is 0 Å². The highest BCUT2D eigenvalue weighted by Gasteiger charge is 2.20. The van der Waals surface area contributed by atoms with Crippen molar-refractivity contribution in [3.8, 4) is 0 Å². The normalized spacial score (nSPS) is 10.6. The van der Waals surface area contributed by atoms with Gasteiger partial charge in [-0.25, -0.2) is 0 Å². The lowest BCUT2D eigenvalue weighted by Gasteiger charge is -2.09. The van der Waals surface area contributed by atoms with Gasteiger partial charge in [-0.15, -0.1) is 0 Å². The number of aryl methyl sites for hydroxylation is 1. The molecule has 2 rings (SSSR count). The molecule has 0 bridgehead atoms. The molecule has 0 unspecified atom stereocenters. The van der Waals surface area contributed by atoms with E-state index in [9.17, 15) is 4.79 Å². The zero-order valence-electron chi connectivity index (χ0n) is 9.81. The number of carbonyl (C=O) groups is 1. The van der Waals surface area contributed by atoms with Crippen molar-refractivity contribution in [3.63, 3.8) is 0 Å². The van der Waals surface area contributed by atoms with Crippen LogP contribution in [0.4, 0.5) is 0 Å². The summed E-state index contributed by atoms with van der Waals surface area (Å²) in [6.45, 7) is 1.95. The Morgan fingerprint density at radius 3 is 2.26 bits per heavy atom. The third kappa shape index (κ3) is 3.07. The fourth-order valence-corrected chi connectivity index (χ4v) is 3.31. The van der Waals surface area contributed by atoms with E-state index in [0.717, 1.165) is 9.13 Å². The zero-order chi connectivity index (χ0) is 14.2. The van der Waals surface area contributed by atoms with Gasteiger partial charge in [0, 0.05) is 14.2 Å². The summed E-state index contributed by atoms with van der Waals surface area (Å²) in [4.78, 5) is 12.6. The van der Waals surface area contributed by atoms with Gasteiger partial charge in [-0.3, -0.25) is 4.79 Å². The second-order valence-corrected chi connectivity index (χ2v) is 6.34. The highest BCUT2D eigenvalue weighted by atomic mass is 127. The summed E-state index contributed by atoms with van der Waals surface area (Å²) in [6.07, 6.45) is 0. The molecule has 19 heavy (non-hydrogen) atoms. The van der Waals surface area contributed by atoms with Crippen molar-refractivity contribution in [2.24, 2.45) is 0 Å². The van der Waals surface area contributed by atoms with Gasteiger partial charge in [0.15, 0.2) is 5.78 Å². The molecule has 1 nitrogen and oxygen atoms in total. The predicted octanol–water partition coefficient (Wildman–Crippen LogP) is 5.79. The van der Waals surface area contributed by atoms with Crippen molar-refractivity contribution in [2.75, 3.05) is 0 Å². The van der Waals surface area contributed by atoms with Crippen molar-refractivity contribution in [1.82, 2.24) is 0 Å². The van der Waals surface area contributed by atoms with Crippen LogP contribution < -0.4 is 0 Å². The van der Waals surface area contributed by atoms with E-state index in [0.29, 0.717) is 10.6 Å². The largest absolute Gasteiger partial charge is 0.288 e. The lowest BCUT2D eigenvalue weighted by atomic mass is 10.0. The summed E-state index contributed by atoms with van der Waals surface area (Å²) in [6, 6.07) is 8.58. The summed E-state index contributed by atoms with van der Waals surface area (Å²) in [5.41, 5.74) is 1.91. The fraction of sp³-hybridized carbons (Fsp3) is 0.0714. The molecule has 2 aromatic carbocycles. The molecular weight excluding hydrogens is 417 g/mol. The molecule has 0 spiro atoms. The molecule has 0 fully saturated rings. The molecule has 0 saturated carbocycles. The molecule has 0 N–H and O–H groups in total. The Labute approximate surface area is 140 Å². The summed E-state index contributed by atoms with van der Waals surface area (Å²) in [7, 11) is 0. The van der Waals surface area contributed by atoms with Gasteiger partial charge >= 0.3 is 0 Å². The molecule has 5 heteroatoms. The average Bonchev–Trinajstić information content (AvgIpc) is 2.31. The van der Waals surface area contributed by atoms with Crippen LogP contribution in [0.3, 0.4) is 0 Å². The van der Waals surface area contributed by atoms with E-state index in [1.54, 1.807) is 6.07 Å². The number of rotatable bonds is 2. The summed E-state index contributed by atoms with van der Waals surface area (Å²) < 4.78 is 0.896. The van der Waals surface area contributed by atoms with Crippen LogP contribution in [0.1, 0.15) is 21.5 Å². The van der Waals surface area contributed by atoms with Gasteiger partial charge in [-0.05, 0) is 53.3 Å². The minimum absolute atomic E-state index is 0.195. The van der Waals surface area contributed by atoms with Gasteiger partial charge in [0.2, 0.25) is 0 Å². The van der Waals surface area contributed by atoms with Crippen LogP contribution in [0.15, 0.2) is 30.3 Å². The number of carbonyl (C=O) groups excluding carboxylic acids is 1. The molecule has 0 heterocycles. The first-order valence-corrected chi connectivity index (χ1v) is 7.57. The third-order valence-corrected chi connectivity index (χ3v) is 4.92. The summed E-state index contributed by atoms with van der Waals surface area (Å²) in [5.74, 6) is -0.195. The van der Waals surface area contributed by atoms with Gasteiger partial charge in [0.25, 0.3) is 0 Å². The van der Waals surface area contributed by atoms with E-state index < -0.39 is 0 Å². The van der Waals surface area contributed by atoms with Crippen LogP contribution >= 0.6 is 57.4 Å². The Balaban J connectivity index is 2.60. The highest BCUT2D eigenvalue weighted by Crippen LogP contribution is 2.32. The lowest BCUT2D eigenvalue weighted by molar-refractivity contribution is 0.103.